The first-order valence-electron chi connectivity index (χ1n) is 4.06. The quantitative estimate of drug-likeness (QED) is 0.545. The summed E-state index contributed by atoms with van der Waals surface area (Å²) in [6.45, 7) is 9.70. The molecule has 0 aliphatic carbocycles. The molecule has 0 aromatic carbocycles. The zero-order chi connectivity index (χ0) is 7.56. The fourth-order valence-corrected chi connectivity index (χ4v) is 1.31. The summed E-state index contributed by atoms with van der Waals surface area (Å²) >= 11 is 0. The molecule has 2 heteroatoms. The topological polar surface area (TPSA) is 12.5 Å². The molecule has 0 spiro atoms. The molecule has 0 N–H and O–H groups in total. The summed E-state index contributed by atoms with van der Waals surface area (Å²) in [4.78, 5) is 2.45. The Hall–Kier alpha value is -0.0800. The Morgan fingerprint density at radius 1 is 1.50 bits per heavy atom. The molecule has 0 amide bonds. The van der Waals surface area contributed by atoms with Gasteiger partial charge in [-0.25, -0.2) is 0 Å². The van der Waals surface area contributed by atoms with Crippen LogP contribution in [0, 0.1) is 0 Å². The van der Waals surface area contributed by atoms with Crippen molar-refractivity contribution < 1.29 is 4.74 Å². The summed E-state index contributed by atoms with van der Waals surface area (Å²) in [5.74, 6) is 0. The monoisotopic (exact) mass is 143 g/mol. The van der Waals surface area contributed by atoms with Crippen LogP contribution in [0.4, 0.5) is 0 Å². The average molecular weight is 143 g/mol. The van der Waals surface area contributed by atoms with Crippen LogP contribution < -0.4 is 0 Å². The normalized spacial score (nSPS) is 29.4. The summed E-state index contributed by atoms with van der Waals surface area (Å²) in [5.41, 5.74) is 0. The number of morpholine rings is 1. The van der Waals surface area contributed by atoms with Gasteiger partial charge in [-0.05, 0) is 20.8 Å². The van der Waals surface area contributed by atoms with Crippen molar-refractivity contribution in [2.75, 3.05) is 19.7 Å². The highest BCUT2D eigenvalue weighted by atomic mass is 16.5. The lowest BCUT2D eigenvalue weighted by molar-refractivity contribution is -0.0288. The minimum Gasteiger partial charge on any atom is -0.376 e. The Bertz CT molecular complexity index is 103. The molecule has 1 rings (SSSR count). The van der Waals surface area contributed by atoms with E-state index in [2.05, 4.69) is 25.7 Å². The second kappa shape index (κ2) is 3.35. The van der Waals surface area contributed by atoms with Crippen LogP contribution in [0.2, 0.25) is 0 Å². The van der Waals surface area contributed by atoms with E-state index in [4.69, 9.17) is 4.74 Å². The summed E-state index contributed by atoms with van der Waals surface area (Å²) in [7, 11) is 0. The van der Waals surface area contributed by atoms with Crippen molar-refractivity contribution in [3.05, 3.63) is 0 Å². The van der Waals surface area contributed by atoms with Crippen molar-refractivity contribution >= 4 is 0 Å². The van der Waals surface area contributed by atoms with Crippen molar-refractivity contribution in [2.45, 2.75) is 32.9 Å². The van der Waals surface area contributed by atoms with Crippen molar-refractivity contribution in [3.63, 3.8) is 0 Å². The molecule has 10 heavy (non-hydrogen) atoms. The van der Waals surface area contributed by atoms with Crippen LogP contribution in [0.25, 0.3) is 0 Å². The standard InChI is InChI=1S/C8H17NO/c1-7(2)9-4-5-10-8(3)6-9/h7-8H,4-6H2,1-3H3/t8-/m1/s1. The van der Waals surface area contributed by atoms with Crippen molar-refractivity contribution in [3.8, 4) is 0 Å². The zero-order valence-corrected chi connectivity index (χ0v) is 7.13. The zero-order valence-electron chi connectivity index (χ0n) is 7.13. The van der Waals surface area contributed by atoms with E-state index in [1.54, 1.807) is 0 Å². The van der Waals surface area contributed by atoms with E-state index in [-0.39, 0.29) is 0 Å². The molecule has 0 bridgehead atoms. The molecule has 1 saturated heterocycles. The van der Waals surface area contributed by atoms with Crippen LogP contribution in [-0.4, -0.2) is 36.7 Å². The Morgan fingerprint density at radius 3 is 2.60 bits per heavy atom. The molecular formula is C8H17NO. The molecule has 0 saturated carbocycles. The maximum atomic E-state index is 5.42. The van der Waals surface area contributed by atoms with Gasteiger partial charge in [-0.1, -0.05) is 0 Å². The van der Waals surface area contributed by atoms with Gasteiger partial charge in [0.1, 0.15) is 0 Å². The third-order valence-electron chi connectivity index (χ3n) is 2.00. The molecule has 0 radical (unpaired) electrons. The van der Waals surface area contributed by atoms with Crippen LogP contribution in [0.15, 0.2) is 0 Å². The number of hydrogen-bond donors (Lipinski definition) is 0. The first kappa shape index (κ1) is 8.02. The highest BCUT2D eigenvalue weighted by Gasteiger charge is 2.17. The van der Waals surface area contributed by atoms with Gasteiger partial charge in [0.2, 0.25) is 0 Å². The smallest absolute Gasteiger partial charge is 0.0674 e. The molecule has 60 valence electrons. The minimum absolute atomic E-state index is 0.427. The SMILES string of the molecule is CC(C)N1CCO[C@H](C)C1. The van der Waals surface area contributed by atoms with E-state index in [0.29, 0.717) is 12.1 Å². The maximum absolute atomic E-state index is 5.42. The minimum atomic E-state index is 0.427. The fourth-order valence-electron chi connectivity index (χ4n) is 1.31. The van der Waals surface area contributed by atoms with Gasteiger partial charge in [-0.15, -0.1) is 0 Å². The number of ether oxygens (including phenoxy) is 1. The molecule has 0 aromatic heterocycles. The predicted molar refractivity (Wildman–Crippen MR) is 42.1 cm³/mol. The van der Waals surface area contributed by atoms with E-state index in [9.17, 15) is 0 Å². The third kappa shape index (κ3) is 1.96. The van der Waals surface area contributed by atoms with Gasteiger partial charge in [0.25, 0.3) is 0 Å². The van der Waals surface area contributed by atoms with Gasteiger partial charge in [-0.3, -0.25) is 4.90 Å². The summed E-state index contributed by atoms with van der Waals surface area (Å²) in [5, 5.41) is 0. The molecule has 0 unspecified atom stereocenters. The summed E-state index contributed by atoms with van der Waals surface area (Å²) in [6.07, 6.45) is 0.427. The Labute approximate surface area is 63.2 Å². The lowest BCUT2D eigenvalue weighted by atomic mass is 10.2. The van der Waals surface area contributed by atoms with Crippen LogP contribution in [-0.2, 0) is 4.74 Å². The molecule has 1 aliphatic rings. The van der Waals surface area contributed by atoms with Crippen LogP contribution in [0.5, 0.6) is 0 Å². The van der Waals surface area contributed by atoms with Gasteiger partial charge in [-0.2, -0.15) is 0 Å². The molecule has 0 aromatic rings. The highest BCUT2D eigenvalue weighted by molar-refractivity contribution is 4.70. The van der Waals surface area contributed by atoms with E-state index in [0.717, 1.165) is 19.7 Å². The van der Waals surface area contributed by atoms with E-state index >= 15 is 0 Å². The van der Waals surface area contributed by atoms with E-state index in [1.165, 1.54) is 0 Å². The van der Waals surface area contributed by atoms with Crippen molar-refractivity contribution in [1.82, 2.24) is 4.90 Å². The Balaban J connectivity index is 2.32. The van der Waals surface area contributed by atoms with Gasteiger partial charge in [0.15, 0.2) is 0 Å². The summed E-state index contributed by atoms with van der Waals surface area (Å²) < 4.78 is 5.42. The van der Waals surface area contributed by atoms with Crippen LogP contribution in [0.1, 0.15) is 20.8 Å². The average Bonchev–Trinajstić information content (AvgIpc) is 1.88. The molecule has 1 atom stereocenters. The molecule has 2 nitrogen and oxygen atoms in total. The van der Waals surface area contributed by atoms with E-state index < -0.39 is 0 Å². The fraction of sp³-hybridized carbons (Fsp3) is 1.00. The van der Waals surface area contributed by atoms with Gasteiger partial charge < -0.3 is 4.74 Å². The number of rotatable bonds is 1. The number of nitrogens with zero attached hydrogens (tertiary/aromatic N) is 1. The lowest BCUT2D eigenvalue weighted by Gasteiger charge is -2.33. The number of hydrogen-bond acceptors (Lipinski definition) is 2. The van der Waals surface area contributed by atoms with Crippen molar-refractivity contribution in [2.24, 2.45) is 0 Å². The Morgan fingerprint density at radius 2 is 2.20 bits per heavy atom. The van der Waals surface area contributed by atoms with Crippen LogP contribution >= 0.6 is 0 Å². The first-order chi connectivity index (χ1) is 4.70. The summed E-state index contributed by atoms with van der Waals surface area (Å²) in [6, 6.07) is 0.673. The second-order valence-corrected chi connectivity index (χ2v) is 3.27. The first-order valence-corrected chi connectivity index (χ1v) is 4.06. The second-order valence-electron chi connectivity index (χ2n) is 3.27. The van der Waals surface area contributed by atoms with E-state index in [1.807, 2.05) is 0 Å². The molecule has 1 aliphatic heterocycles. The molecule has 1 fully saturated rings. The van der Waals surface area contributed by atoms with Gasteiger partial charge in [0.05, 0.1) is 12.7 Å². The Kier molecular flexibility index (Phi) is 2.69. The van der Waals surface area contributed by atoms with Crippen molar-refractivity contribution in [1.29, 1.82) is 0 Å². The lowest BCUT2D eigenvalue weighted by Crippen LogP contribution is -2.44. The molecular weight excluding hydrogens is 126 g/mol. The maximum Gasteiger partial charge on any atom is 0.0674 e. The predicted octanol–water partition coefficient (Wildman–Crippen LogP) is 1.12. The van der Waals surface area contributed by atoms with Crippen LogP contribution in [0.3, 0.4) is 0 Å². The van der Waals surface area contributed by atoms with Gasteiger partial charge >= 0.3 is 0 Å². The van der Waals surface area contributed by atoms with Gasteiger partial charge in [0, 0.05) is 19.1 Å². The highest BCUT2D eigenvalue weighted by Crippen LogP contribution is 2.07. The third-order valence-corrected chi connectivity index (χ3v) is 2.00. The largest absolute Gasteiger partial charge is 0.376 e. The molecule has 1 heterocycles.